The van der Waals surface area contributed by atoms with E-state index in [1.54, 1.807) is 30.3 Å². The second-order valence-electron chi connectivity index (χ2n) is 8.08. The molecule has 8 nitrogen and oxygen atoms in total. The fraction of sp³-hybridized carbons (Fsp3) is 0.231. The standard InChI is InChI=1S/C26H28FN3O5S/c1-19(26(32)28-2)29(17-20-9-7-8-12-24(20)27)25(31)18-30(36(3,33)34)21-13-15-23(16-14-21)35-22-10-5-4-6-11-22/h4-16,19H,17-18H2,1-3H3,(H,28,32). The zero-order valence-electron chi connectivity index (χ0n) is 20.2. The van der Waals surface area contributed by atoms with Crippen LogP contribution in [0, 0.1) is 5.82 Å². The Morgan fingerprint density at radius 3 is 2.11 bits per heavy atom. The molecule has 0 fully saturated rings. The summed E-state index contributed by atoms with van der Waals surface area (Å²) in [5.41, 5.74) is 0.444. The number of ether oxygens (including phenoxy) is 1. The van der Waals surface area contributed by atoms with E-state index in [0.29, 0.717) is 11.5 Å². The van der Waals surface area contributed by atoms with Crippen LogP contribution in [0.4, 0.5) is 10.1 Å². The summed E-state index contributed by atoms with van der Waals surface area (Å²) >= 11 is 0. The molecule has 1 unspecified atom stereocenters. The predicted octanol–water partition coefficient (Wildman–Crippen LogP) is 3.55. The van der Waals surface area contributed by atoms with Gasteiger partial charge in [-0.25, -0.2) is 12.8 Å². The number of likely N-dealkylation sites (N-methyl/N-ethyl adjacent to an activating group) is 1. The Kier molecular flexibility index (Phi) is 8.65. The van der Waals surface area contributed by atoms with Gasteiger partial charge in [-0.15, -0.1) is 0 Å². The maximum atomic E-state index is 14.3. The summed E-state index contributed by atoms with van der Waals surface area (Å²) < 4.78 is 46.2. The number of para-hydroxylation sites is 1. The van der Waals surface area contributed by atoms with E-state index >= 15 is 0 Å². The van der Waals surface area contributed by atoms with Gasteiger partial charge in [0.2, 0.25) is 21.8 Å². The first-order valence-corrected chi connectivity index (χ1v) is 13.0. The van der Waals surface area contributed by atoms with Crippen LogP contribution in [0.5, 0.6) is 11.5 Å². The normalized spacial score (nSPS) is 11.9. The molecule has 1 N–H and O–H groups in total. The average Bonchev–Trinajstić information content (AvgIpc) is 2.86. The largest absolute Gasteiger partial charge is 0.457 e. The van der Waals surface area contributed by atoms with E-state index in [0.717, 1.165) is 15.5 Å². The molecule has 0 heterocycles. The second-order valence-corrected chi connectivity index (χ2v) is 9.99. The molecule has 0 spiro atoms. The van der Waals surface area contributed by atoms with Crippen molar-refractivity contribution < 1.29 is 27.1 Å². The Morgan fingerprint density at radius 1 is 0.944 bits per heavy atom. The lowest BCUT2D eigenvalue weighted by molar-refractivity contribution is -0.139. The van der Waals surface area contributed by atoms with Crippen LogP contribution in [0.3, 0.4) is 0 Å². The van der Waals surface area contributed by atoms with Crippen molar-refractivity contribution in [3.63, 3.8) is 0 Å². The third kappa shape index (κ3) is 6.82. The van der Waals surface area contributed by atoms with E-state index in [4.69, 9.17) is 4.74 Å². The van der Waals surface area contributed by atoms with Crippen molar-refractivity contribution in [3.8, 4) is 11.5 Å². The highest BCUT2D eigenvalue weighted by atomic mass is 32.2. The minimum Gasteiger partial charge on any atom is -0.457 e. The molecule has 0 saturated heterocycles. The van der Waals surface area contributed by atoms with Crippen LogP contribution >= 0.6 is 0 Å². The summed E-state index contributed by atoms with van der Waals surface area (Å²) in [6, 6.07) is 20.2. The minimum absolute atomic E-state index is 0.204. The van der Waals surface area contributed by atoms with Gasteiger partial charge in [-0.05, 0) is 49.4 Å². The van der Waals surface area contributed by atoms with E-state index in [-0.39, 0.29) is 17.8 Å². The quantitative estimate of drug-likeness (QED) is 0.447. The number of hydrogen-bond donors (Lipinski definition) is 1. The third-order valence-corrected chi connectivity index (χ3v) is 6.64. The number of benzene rings is 3. The number of amides is 2. The third-order valence-electron chi connectivity index (χ3n) is 5.50. The van der Waals surface area contributed by atoms with Crippen molar-refractivity contribution in [2.45, 2.75) is 19.5 Å². The molecule has 10 heteroatoms. The number of rotatable bonds is 10. The summed E-state index contributed by atoms with van der Waals surface area (Å²) in [7, 11) is -2.46. The molecule has 36 heavy (non-hydrogen) atoms. The van der Waals surface area contributed by atoms with Crippen LogP contribution in [0.1, 0.15) is 12.5 Å². The summed E-state index contributed by atoms with van der Waals surface area (Å²) in [6.45, 7) is 0.715. The fourth-order valence-corrected chi connectivity index (χ4v) is 4.37. The molecule has 0 aliphatic heterocycles. The number of hydrogen-bond acceptors (Lipinski definition) is 5. The highest BCUT2D eigenvalue weighted by Gasteiger charge is 2.30. The molecule has 0 radical (unpaired) electrons. The molecule has 0 aliphatic rings. The monoisotopic (exact) mass is 513 g/mol. The van der Waals surface area contributed by atoms with Crippen molar-refractivity contribution in [3.05, 3.63) is 90.2 Å². The molecule has 0 saturated carbocycles. The molecule has 190 valence electrons. The van der Waals surface area contributed by atoms with E-state index < -0.39 is 40.2 Å². The van der Waals surface area contributed by atoms with Crippen LogP contribution in [0.15, 0.2) is 78.9 Å². The SMILES string of the molecule is CNC(=O)C(C)N(Cc1ccccc1F)C(=O)CN(c1ccc(Oc2ccccc2)cc1)S(C)(=O)=O. The maximum Gasteiger partial charge on any atom is 0.244 e. The van der Waals surface area contributed by atoms with Crippen molar-refractivity contribution in [2.75, 3.05) is 24.2 Å². The fourth-order valence-electron chi connectivity index (χ4n) is 3.52. The Labute approximate surface area is 210 Å². The molecule has 1 atom stereocenters. The van der Waals surface area contributed by atoms with Crippen LogP contribution in [0.25, 0.3) is 0 Å². The van der Waals surface area contributed by atoms with Crippen molar-refractivity contribution in [1.82, 2.24) is 10.2 Å². The predicted molar refractivity (Wildman–Crippen MR) is 136 cm³/mol. The molecule has 0 bridgehead atoms. The summed E-state index contributed by atoms with van der Waals surface area (Å²) in [4.78, 5) is 26.8. The van der Waals surface area contributed by atoms with Gasteiger partial charge in [0, 0.05) is 19.2 Å². The van der Waals surface area contributed by atoms with Gasteiger partial charge in [0.25, 0.3) is 0 Å². The molecule has 3 aromatic rings. The van der Waals surface area contributed by atoms with Gasteiger partial charge in [-0.2, -0.15) is 0 Å². The minimum atomic E-state index is -3.88. The molecule has 3 aromatic carbocycles. The van der Waals surface area contributed by atoms with Crippen molar-refractivity contribution in [2.24, 2.45) is 0 Å². The van der Waals surface area contributed by atoms with Gasteiger partial charge in [0.1, 0.15) is 29.9 Å². The summed E-state index contributed by atoms with van der Waals surface area (Å²) in [6.07, 6.45) is 0.984. The molecule has 2 amide bonds. The first kappa shape index (κ1) is 26.7. The first-order chi connectivity index (χ1) is 17.1. The Balaban J connectivity index is 1.86. The number of carbonyl (C=O) groups excluding carboxylic acids is 2. The lowest BCUT2D eigenvalue weighted by Gasteiger charge is -2.31. The Bertz CT molecular complexity index is 1300. The van der Waals surface area contributed by atoms with E-state index in [2.05, 4.69) is 5.32 Å². The lowest BCUT2D eigenvalue weighted by Crippen LogP contribution is -2.50. The maximum absolute atomic E-state index is 14.3. The van der Waals surface area contributed by atoms with Gasteiger partial charge in [0.05, 0.1) is 11.9 Å². The number of carbonyl (C=O) groups is 2. The smallest absolute Gasteiger partial charge is 0.244 e. The highest BCUT2D eigenvalue weighted by molar-refractivity contribution is 7.92. The molecule has 0 aliphatic carbocycles. The number of halogens is 1. The van der Waals surface area contributed by atoms with Crippen LogP contribution < -0.4 is 14.4 Å². The summed E-state index contributed by atoms with van der Waals surface area (Å²) in [5, 5.41) is 2.47. The average molecular weight is 514 g/mol. The van der Waals surface area contributed by atoms with E-state index in [9.17, 15) is 22.4 Å². The summed E-state index contributed by atoms with van der Waals surface area (Å²) in [5.74, 6) is -0.558. The lowest BCUT2D eigenvalue weighted by atomic mass is 10.1. The van der Waals surface area contributed by atoms with Crippen LogP contribution in [-0.4, -0.2) is 51.0 Å². The number of nitrogens with zero attached hydrogens (tertiary/aromatic N) is 2. The van der Waals surface area contributed by atoms with Crippen LogP contribution in [-0.2, 0) is 26.2 Å². The number of anilines is 1. The Hall–Kier alpha value is -3.92. The molecular weight excluding hydrogens is 485 g/mol. The second kappa shape index (κ2) is 11.7. The van der Waals surface area contributed by atoms with E-state index in [1.165, 1.54) is 44.3 Å². The Morgan fingerprint density at radius 2 is 1.53 bits per heavy atom. The van der Waals surface area contributed by atoms with Crippen molar-refractivity contribution in [1.29, 1.82) is 0 Å². The van der Waals surface area contributed by atoms with Gasteiger partial charge in [-0.1, -0.05) is 36.4 Å². The van der Waals surface area contributed by atoms with Gasteiger partial charge in [0.15, 0.2) is 0 Å². The topological polar surface area (TPSA) is 96.0 Å². The number of nitrogens with one attached hydrogen (secondary N) is 1. The zero-order valence-corrected chi connectivity index (χ0v) is 21.0. The van der Waals surface area contributed by atoms with Gasteiger partial charge < -0.3 is 15.0 Å². The molecular formula is C26H28FN3O5S. The molecule has 0 aromatic heterocycles. The van der Waals surface area contributed by atoms with E-state index in [1.807, 2.05) is 18.2 Å². The van der Waals surface area contributed by atoms with Gasteiger partial charge >= 0.3 is 0 Å². The van der Waals surface area contributed by atoms with Crippen LogP contribution in [0.2, 0.25) is 0 Å². The zero-order chi connectivity index (χ0) is 26.3. The number of sulfonamides is 1. The van der Waals surface area contributed by atoms with Gasteiger partial charge in [-0.3, -0.25) is 13.9 Å². The first-order valence-electron chi connectivity index (χ1n) is 11.2. The van der Waals surface area contributed by atoms with Crippen molar-refractivity contribution >= 4 is 27.5 Å². The molecule has 3 rings (SSSR count). The highest BCUT2D eigenvalue weighted by Crippen LogP contribution is 2.26.